The summed E-state index contributed by atoms with van der Waals surface area (Å²) in [5, 5.41) is 3.17. The van der Waals surface area contributed by atoms with E-state index in [4.69, 9.17) is 0 Å². The Morgan fingerprint density at radius 3 is 1.50 bits per heavy atom. The van der Waals surface area contributed by atoms with Gasteiger partial charge in [0.15, 0.2) is 0 Å². The first-order chi connectivity index (χ1) is 6.70. The summed E-state index contributed by atoms with van der Waals surface area (Å²) in [6.07, 6.45) is 4.05. The Bertz CT molecular complexity index is 190. The molecule has 0 bridgehead atoms. The highest BCUT2D eigenvalue weighted by Crippen LogP contribution is 1.97. The van der Waals surface area contributed by atoms with E-state index in [1.165, 1.54) is 0 Å². The van der Waals surface area contributed by atoms with E-state index in [1.807, 2.05) is 0 Å². The van der Waals surface area contributed by atoms with E-state index in [-0.39, 0.29) is 0 Å². The Hall–Kier alpha value is 0.0400. The zero-order valence-corrected chi connectivity index (χ0v) is 10.7. The van der Waals surface area contributed by atoms with Crippen LogP contribution in [0.2, 0.25) is 0 Å². The third-order valence-corrected chi connectivity index (χ3v) is 4.19. The lowest BCUT2D eigenvalue weighted by molar-refractivity contribution is 0.682. The van der Waals surface area contributed by atoms with Gasteiger partial charge in [-0.15, -0.1) is 0 Å². The summed E-state index contributed by atoms with van der Waals surface area (Å²) in [5.41, 5.74) is 0. The van der Waals surface area contributed by atoms with Gasteiger partial charge in [-0.2, -0.15) is 0 Å². The van der Waals surface area contributed by atoms with Crippen LogP contribution in [0.15, 0.2) is 10.8 Å². The number of unbranched alkanes of at least 4 members (excludes halogenated alkanes) is 2. The topological polar surface area (TPSA) is 34.1 Å². The minimum Gasteiger partial charge on any atom is -0.255 e. The monoisotopic (exact) mass is 236 g/mol. The van der Waals surface area contributed by atoms with Gasteiger partial charge in [0.1, 0.15) is 0 Å². The fourth-order valence-electron chi connectivity index (χ4n) is 0.833. The molecule has 0 spiro atoms. The summed E-state index contributed by atoms with van der Waals surface area (Å²) in [4.78, 5) is 0. The molecule has 2 nitrogen and oxygen atoms in total. The van der Waals surface area contributed by atoms with Gasteiger partial charge in [-0.05, 0) is 12.8 Å². The summed E-state index contributed by atoms with van der Waals surface area (Å²) in [7, 11) is -1.84. The Labute approximate surface area is 92.1 Å². The summed E-state index contributed by atoms with van der Waals surface area (Å²) in [6.45, 7) is 4.14. The minimum atomic E-state index is -0.920. The average Bonchev–Trinajstić information content (AvgIpc) is 2.20. The number of rotatable bonds is 8. The molecule has 0 aromatic heterocycles. The maximum absolute atomic E-state index is 11.3. The Morgan fingerprint density at radius 2 is 1.21 bits per heavy atom. The van der Waals surface area contributed by atoms with Crippen LogP contribution in [-0.2, 0) is 21.6 Å². The second kappa shape index (κ2) is 9.59. The zero-order chi connectivity index (χ0) is 10.8. The van der Waals surface area contributed by atoms with Crippen LogP contribution in [0.25, 0.3) is 0 Å². The van der Waals surface area contributed by atoms with Crippen LogP contribution in [0.5, 0.6) is 0 Å². The van der Waals surface area contributed by atoms with E-state index in [9.17, 15) is 8.42 Å². The molecule has 84 valence electrons. The Kier molecular flexibility index (Phi) is 9.62. The molecule has 0 aliphatic rings. The minimum absolute atomic E-state index is 0.692. The van der Waals surface area contributed by atoms with Crippen LogP contribution in [0.4, 0.5) is 0 Å². The van der Waals surface area contributed by atoms with Gasteiger partial charge in [0, 0.05) is 43.9 Å². The van der Waals surface area contributed by atoms with Gasteiger partial charge < -0.3 is 0 Å². The summed E-state index contributed by atoms with van der Waals surface area (Å²) < 4.78 is 22.5. The van der Waals surface area contributed by atoms with Gasteiger partial charge in [0.25, 0.3) is 0 Å². The second-order valence-corrected chi connectivity index (χ2v) is 6.03. The molecule has 0 rings (SSSR count). The smallest absolute Gasteiger partial charge is 0.0462 e. The van der Waals surface area contributed by atoms with Gasteiger partial charge in [0.05, 0.1) is 0 Å². The van der Waals surface area contributed by atoms with Crippen molar-refractivity contribution in [1.82, 2.24) is 0 Å². The molecule has 0 saturated carbocycles. The van der Waals surface area contributed by atoms with Gasteiger partial charge in [-0.3, -0.25) is 8.42 Å². The van der Waals surface area contributed by atoms with Crippen LogP contribution >= 0.6 is 0 Å². The Balaban J connectivity index is 3.68. The molecule has 0 heterocycles. The molecule has 0 aliphatic carbocycles. The van der Waals surface area contributed by atoms with Crippen molar-refractivity contribution in [3.63, 3.8) is 0 Å². The molecule has 2 unspecified atom stereocenters. The molecule has 4 heteroatoms. The van der Waals surface area contributed by atoms with E-state index in [2.05, 4.69) is 13.8 Å². The van der Waals surface area contributed by atoms with Crippen molar-refractivity contribution in [1.29, 1.82) is 0 Å². The van der Waals surface area contributed by atoms with Crippen molar-refractivity contribution in [3.8, 4) is 0 Å². The highest BCUT2D eigenvalue weighted by molar-refractivity contribution is 7.91. The predicted octanol–water partition coefficient (Wildman–Crippen LogP) is 2.56. The van der Waals surface area contributed by atoms with E-state index in [0.29, 0.717) is 11.5 Å². The van der Waals surface area contributed by atoms with E-state index >= 15 is 0 Å². The van der Waals surface area contributed by atoms with Gasteiger partial charge in [0.2, 0.25) is 0 Å². The molecule has 0 amide bonds. The van der Waals surface area contributed by atoms with Crippen LogP contribution in [-0.4, -0.2) is 19.9 Å². The molecule has 2 atom stereocenters. The maximum atomic E-state index is 11.3. The van der Waals surface area contributed by atoms with E-state index in [1.54, 1.807) is 10.8 Å². The fourth-order valence-corrected chi connectivity index (χ4v) is 3.24. The lowest BCUT2D eigenvalue weighted by Crippen LogP contribution is -1.95. The maximum Gasteiger partial charge on any atom is 0.0462 e. The summed E-state index contributed by atoms with van der Waals surface area (Å²) >= 11 is 0. The summed E-state index contributed by atoms with van der Waals surface area (Å²) in [6, 6.07) is 0. The number of hydrogen-bond donors (Lipinski definition) is 0. The number of hydrogen-bond acceptors (Lipinski definition) is 2. The van der Waals surface area contributed by atoms with Crippen molar-refractivity contribution >= 4 is 21.6 Å². The van der Waals surface area contributed by atoms with Gasteiger partial charge >= 0.3 is 0 Å². The van der Waals surface area contributed by atoms with Crippen molar-refractivity contribution in [2.45, 2.75) is 39.5 Å². The molecular weight excluding hydrogens is 216 g/mol. The quantitative estimate of drug-likeness (QED) is 0.649. The van der Waals surface area contributed by atoms with Crippen LogP contribution in [0.1, 0.15) is 39.5 Å². The van der Waals surface area contributed by atoms with E-state index < -0.39 is 21.6 Å². The van der Waals surface area contributed by atoms with Crippen LogP contribution in [0, 0.1) is 0 Å². The first-order valence-electron chi connectivity index (χ1n) is 5.13. The van der Waals surface area contributed by atoms with Gasteiger partial charge in [-0.25, -0.2) is 0 Å². The molecule has 0 aromatic carbocycles. The third kappa shape index (κ3) is 8.63. The SMILES string of the molecule is CCCCS(=O)/C=C\S(=O)CCCC. The molecule has 0 fully saturated rings. The molecule has 0 aromatic rings. The molecule has 0 N–H and O–H groups in total. The van der Waals surface area contributed by atoms with Crippen LogP contribution < -0.4 is 0 Å². The highest BCUT2D eigenvalue weighted by Gasteiger charge is 1.96. The first-order valence-corrected chi connectivity index (χ1v) is 7.89. The lowest BCUT2D eigenvalue weighted by Gasteiger charge is -1.94. The second-order valence-electron chi connectivity index (χ2n) is 3.15. The Morgan fingerprint density at radius 1 is 0.857 bits per heavy atom. The van der Waals surface area contributed by atoms with Crippen molar-refractivity contribution in [2.75, 3.05) is 11.5 Å². The molecule has 0 saturated heterocycles. The highest BCUT2D eigenvalue weighted by atomic mass is 32.2. The first kappa shape index (κ1) is 14.0. The normalized spacial score (nSPS) is 15.9. The predicted molar refractivity (Wildman–Crippen MR) is 65.0 cm³/mol. The molecule has 14 heavy (non-hydrogen) atoms. The van der Waals surface area contributed by atoms with Crippen molar-refractivity contribution in [2.24, 2.45) is 0 Å². The largest absolute Gasteiger partial charge is 0.255 e. The van der Waals surface area contributed by atoms with Gasteiger partial charge in [-0.1, -0.05) is 26.7 Å². The average molecular weight is 236 g/mol. The zero-order valence-electron chi connectivity index (χ0n) is 9.03. The van der Waals surface area contributed by atoms with Crippen LogP contribution in [0.3, 0.4) is 0 Å². The standard InChI is InChI=1S/C10H20O2S2/c1-3-5-7-13(11)9-10-14(12)8-6-4-2/h9-10H,3-8H2,1-2H3/b10-9-. The van der Waals surface area contributed by atoms with Crippen molar-refractivity contribution in [3.05, 3.63) is 10.8 Å². The third-order valence-electron chi connectivity index (χ3n) is 1.76. The molecule has 0 aliphatic heterocycles. The van der Waals surface area contributed by atoms with Crippen molar-refractivity contribution < 1.29 is 8.42 Å². The molecular formula is C10H20O2S2. The summed E-state index contributed by atoms with van der Waals surface area (Å²) in [5.74, 6) is 1.38. The van der Waals surface area contributed by atoms with E-state index in [0.717, 1.165) is 25.7 Å². The fraction of sp³-hybridized carbons (Fsp3) is 0.800. The lowest BCUT2D eigenvalue weighted by atomic mass is 10.4. The molecule has 0 radical (unpaired) electrons.